The van der Waals surface area contributed by atoms with Crippen LogP contribution in [0, 0.1) is 11.8 Å². The summed E-state index contributed by atoms with van der Waals surface area (Å²) in [5.74, 6) is 4.05. The number of furan rings is 5. The zero-order valence-electron chi connectivity index (χ0n) is 77.7. The van der Waals surface area contributed by atoms with Gasteiger partial charge in [-0.2, -0.15) is 28.8 Å². The van der Waals surface area contributed by atoms with Crippen LogP contribution in [0.15, 0.2) is 251 Å². The summed E-state index contributed by atoms with van der Waals surface area (Å²) in [5.41, 5.74) is 13.9. The van der Waals surface area contributed by atoms with Crippen molar-refractivity contribution in [2.75, 3.05) is 32.7 Å². The molecule has 0 spiro atoms. The predicted octanol–water partition coefficient (Wildman–Crippen LogP) is 24.4. The van der Waals surface area contributed by atoms with E-state index < -0.39 is 0 Å². The van der Waals surface area contributed by atoms with Gasteiger partial charge in [0.05, 0.1) is 6.26 Å². The van der Waals surface area contributed by atoms with Crippen molar-refractivity contribution in [1.29, 1.82) is 0 Å². The number of unbranched alkanes of at least 4 members (excludes halogenated alkanes) is 2. The number of hydrogen-bond acceptors (Lipinski definition) is 19. The third kappa shape index (κ3) is 28.6. The number of allylic oxidation sites excluding steroid dienone is 1. The maximum Gasteiger partial charge on any atom is 0.410 e. The average molecular weight is 1880 g/mol. The highest BCUT2D eigenvalue weighted by Crippen LogP contribution is 2.38. The highest BCUT2D eigenvalue weighted by atomic mass is 79.9. The summed E-state index contributed by atoms with van der Waals surface area (Å²) in [4.78, 5) is 107. The minimum Gasteiger partial charge on any atom is -0.464 e. The Kier molecular flexibility index (Phi) is 40.7. The van der Waals surface area contributed by atoms with Gasteiger partial charge in [-0.25, -0.2) is 14.4 Å². The zero-order valence-corrected chi connectivity index (χ0v) is 79.3. The van der Waals surface area contributed by atoms with E-state index in [4.69, 9.17) is 65.1 Å². The van der Waals surface area contributed by atoms with E-state index in [1.54, 1.807) is 0 Å². The second-order valence-electron chi connectivity index (χ2n) is 34.6. The molecule has 5 aliphatic rings. The van der Waals surface area contributed by atoms with Gasteiger partial charge in [0.2, 0.25) is 5.91 Å². The topological polar surface area (TPSA) is 289 Å². The van der Waals surface area contributed by atoms with Crippen LogP contribution in [-0.2, 0) is 113 Å². The lowest BCUT2D eigenvalue weighted by atomic mass is 9.94. The Morgan fingerprint density at radius 3 is 1.20 bits per heavy atom. The van der Waals surface area contributed by atoms with Crippen LogP contribution in [0.5, 0.6) is 0 Å². The van der Waals surface area contributed by atoms with Gasteiger partial charge in [-0.1, -0.05) is 242 Å². The number of hydrogen-bond donors (Lipinski definition) is 1. The van der Waals surface area contributed by atoms with E-state index in [-0.39, 0.29) is 60.8 Å². The fraction of sp³-hybridized carbons (Fsp3) is 0.391. The maximum absolute atomic E-state index is 12.9. The fourth-order valence-electron chi connectivity index (χ4n) is 18.3. The first-order chi connectivity index (χ1) is 65.4. The number of halogens is 1. The number of nitrogens with zero attached hydrogens (tertiary/aromatic N) is 4. The van der Waals surface area contributed by atoms with Gasteiger partial charge in [0.1, 0.15) is 65.0 Å². The molecule has 0 saturated carbocycles. The Morgan fingerprint density at radius 1 is 0.418 bits per heavy atom. The van der Waals surface area contributed by atoms with E-state index in [9.17, 15) is 19.2 Å². The minimum atomic E-state index is -0.236. The number of ether oxygens (including phenoxy) is 3. The first-order valence-electron chi connectivity index (χ1n) is 47.1. The molecule has 24 heteroatoms. The Balaban J connectivity index is 0.000000158. The van der Waals surface area contributed by atoms with Crippen LogP contribution in [0.25, 0.3) is 60.9 Å². The van der Waals surface area contributed by atoms with E-state index in [1.807, 2.05) is 173 Å². The second-order valence-corrected chi connectivity index (χ2v) is 35.3. The molecule has 1 N–H and O–H groups in total. The number of likely N-dealkylation sites (tertiary alicyclic amines) is 4. The Labute approximate surface area is 792 Å². The summed E-state index contributed by atoms with van der Waals surface area (Å²) in [6.45, 7) is 18.2. The first-order valence-corrected chi connectivity index (χ1v) is 47.9. The molecule has 704 valence electrons. The Bertz CT molecular complexity index is 5940. The smallest absolute Gasteiger partial charge is 0.410 e. The number of amides is 4. The minimum absolute atomic E-state index is 0.0938. The van der Waals surface area contributed by atoms with Crippen LogP contribution in [0.2, 0.25) is 0 Å². The van der Waals surface area contributed by atoms with E-state index in [1.165, 1.54) is 65.5 Å². The number of aryl methyl sites for hydroxylation is 2. The lowest BCUT2D eigenvalue weighted by molar-refractivity contribution is -0.193. The molecule has 10 heterocycles. The SMILES string of the molecule is CC/C=C/c1oc2ccccc2c1C[C@@H]1CCCN1C(=O)OCc1ccccc1.CCCCc1oc2ccccc2c1C[C@@H]1CCCN1.CCCCc1oc2ccccc2c1C[C@@H]1CCCN1C(=O)[C@@H](C)C(C)C.O=C(OCc1ccccc1)N1CCC[C@H]1Cc1c(Br)oc2ccccc12.O=C(OCc1ccccc1)N1CCC[C@H]1Cc1coc2ccccc12.O=C=O.O=C=O.O=C=O. The molecule has 5 aromatic heterocycles. The first kappa shape index (κ1) is 102. The highest BCUT2D eigenvalue weighted by Gasteiger charge is 2.37. The van der Waals surface area contributed by atoms with Crippen molar-refractivity contribution in [3.8, 4) is 0 Å². The second kappa shape index (κ2) is 53.7. The van der Waals surface area contributed by atoms with Gasteiger partial charge in [-0.15, -0.1) is 0 Å². The largest absolute Gasteiger partial charge is 0.464 e. The fourth-order valence-corrected chi connectivity index (χ4v) is 18.8. The molecular formula is C110H124BrN5O18. The number of para-hydroxylation sites is 5. The van der Waals surface area contributed by atoms with Gasteiger partial charge in [-0.05, 0) is 197 Å². The number of nitrogens with one attached hydrogen (secondary N) is 1. The molecule has 5 saturated heterocycles. The van der Waals surface area contributed by atoms with Gasteiger partial charge in [-0.3, -0.25) is 4.79 Å². The lowest BCUT2D eigenvalue weighted by Gasteiger charge is -2.29. The van der Waals surface area contributed by atoms with Crippen molar-refractivity contribution >= 4 is 119 Å². The summed E-state index contributed by atoms with van der Waals surface area (Å²) in [7, 11) is 0. The number of fused-ring (bicyclic) bond motifs is 5. The van der Waals surface area contributed by atoms with Crippen LogP contribution in [-0.4, -0.2) is 125 Å². The number of benzene rings is 8. The Morgan fingerprint density at radius 2 is 0.776 bits per heavy atom. The molecule has 0 bridgehead atoms. The standard InChI is InChI=1S/C25H27NO3.C23H33NO2.C21H20BrNO3.C21H21NO3.C17H23NO.3CO2/c1-2-3-14-24-22(21-13-7-8-15-23(21)29-24)17-20-12-9-16-26(20)25(27)28-18-19-10-5-4-6-11-19;1-5-6-12-22-20(19-11-7-8-13-21(19)26-22)15-18-10-9-14-24(18)23(25)17(4)16(2)3;22-20-18(17-10-4-5-11-19(17)26-20)13-16-9-6-12-23(16)21(24)25-14-15-7-2-1-3-8-15;23-21(25-14-16-7-2-1-3-8-16)22-12-6-9-18(22)13-17-15-24-20-11-5-4-10-19(17)20;1-2-3-9-17-15(12-13-7-6-11-18-13)14-8-4-5-10-16(14)19-17;3*2-1-3/h3-8,10-11,13-15,20H,2,9,12,16-18H2,1H3;7-8,11,13,16-18H,5-6,9-10,12,14-15H2,1-4H3;1-5,7-8,10-11,16H,6,9,12-14H2;1-5,7-8,10-11,15,18H,6,9,12-14H2;4-5,8,10,13,18H,2-3,6-7,9,11-12H2,1H3;;;/b14-3+;;;;;;;/t20-;17-,18-;16-;18-;13-;;;/m00000.../s1. The maximum atomic E-state index is 12.9. The molecule has 0 radical (unpaired) electrons. The molecule has 0 aliphatic carbocycles. The predicted molar refractivity (Wildman–Crippen MR) is 518 cm³/mol. The van der Waals surface area contributed by atoms with Crippen LogP contribution < -0.4 is 5.32 Å². The average Bonchev–Trinajstić information content (AvgIpc) is 1.69. The molecule has 18 rings (SSSR count). The van der Waals surface area contributed by atoms with Crippen molar-refractivity contribution in [3.05, 3.63) is 291 Å². The Hall–Kier alpha value is -12.9. The molecule has 13 aromatic rings. The molecule has 6 atom stereocenters. The quantitative estimate of drug-likeness (QED) is 0.0493. The number of rotatable bonds is 26. The monoisotopic (exact) mass is 1880 g/mol. The van der Waals surface area contributed by atoms with Crippen LogP contribution >= 0.6 is 15.9 Å². The van der Waals surface area contributed by atoms with Gasteiger partial charge in [0, 0.05) is 130 Å². The van der Waals surface area contributed by atoms with Gasteiger partial charge >= 0.3 is 36.7 Å². The van der Waals surface area contributed by atoms with E-state index in [2.05, 4.69) is 141 Å². The molecule has 134 heavy (non-hydrogen) atoms. The summed E-state index contributed by atoms with van der Waals surface area (Å²) in [5, 5.41) is 9.52. The zero-order chi connectivity index (χ0) is 94.9. The summed E-state index contributed by atoms with van der Waals surface area (Å²) < 4.78 is 47.2. The lowest BCUT2D eigenvalue weighted by Crippen LogP contribution is -2.41. The summed E-state index contributed by atoms with van der Waals surface area (Å²) in [6, 6.07) is 71.8. The van der Waals surface area contributed by atoms with Gasteiger partial charge in [0.25, 0.3) is 0 Å². The van der Waals surface area contributed by atoms with Crippen molar-refractivity contribution < 1.29 is 84.2 Å². The van der Waals surface area contributed by atoms with E-state index in [0.29, 0.717) is 43.7 Å². The van der Waals surface area contributed by atoms with Crippen LogP contribution in [0.1, 0.15) is 200 Å². The summed E-state index contributed by atoms with van der Waals surface area (Å²) in [6.07, 6.45) is 29.0. The summed E-state index contributed by atoms with van der Waals surface area (Å²) >= 11 is 3.53. The molecule has 4 amide bonds. The molecule has 8 aromatic carbocycles. The van der Waals surface area contributed by atoms with Crippen LogP contribution in [0.4, 0.5) is 14.4 Å². The molecule has 23 nitrogen and oxygen atoms in total. The molecule has 0 unspecified atom stereocenters. The molecular weight excluding hydrogens is 1760 g/mol. The van der Waals surface area contributed by atoms with Crippen molar-refractivity contribution in [1.82, 2.24) is 24.9 Å². The van der Waals surface area contributed by atoms with Gasteiger partial charge in [0.15, 0.2) is 4.67 Å². The third-order valence-corrected chi connectivity index (χ3v) is 26.1. The molecule has 5 fully saturated rings. The van der Waals surface area contributed by atoms with Crippen molar-refractivity contribution in [2.24, 2.45) is 11.8 Å². The molecule has 5 aliphatic heterocycles. The number of carbonyl (C=O) groups is 4. The van der Waals surface area contributed by atoms with E-state index in [0.717, 1.165) is 230 Å². The van der Waals surface area contributed by atoms with Crippen LogP contribution in [0.3, 0.4) is 0 Å². The normalized spacial score (nSPS) is 16.7. The van der Waals surface area contributed by atoms with Gasteiger partial charge < -0.3 is 61.2 Å². The van der Waals surface area contributed by atoms with E-state index >= 15 is 0 Å². The van der Waals surface area contributed by atoms with Crippen molar-refractivity contribution in [3.63, 3.8) is 0 Å². The third-order valence-electron chi connectivity index (χ3n) is 25.4. The number of carbonyl (C=O) groups excluding carboxylic acids is 10. The van der Waals surface area contributed by atoms with Crippen molar-refractivity contribution in [2.45, 2.75) is 233 Å². The highest BCUT2D eigenvalue weighted by molar-refractivity contribution is 9.10.